The normalized spacial score (nSPS) is 19.2. The molecule has 6 heteroatoms. The fourth-order valence-corrected chi connectivity index (χ4v) is 3.21. The van der Waals surface area contributed by atoms with Gasteiger partial charge in [-0.3, -0.25) is 4.68 Å². The van der Waals surface area contributed by atoms with Gasteiger partial charge in [-0.2, -0.15) is 5.10 Å². The van der Waals surface area contributed by atoms with E-state index in [9.17, 15) is 0 Å². The average molecular weight is 297 g/mol. The fourth-order valence-electron chi connectivity index (χ4n) is 3.01. The van der Waals surface area contributed by atoms with Crippen molar-refractivity contribution in [3.05, 3.63) is 11.5 Å². The first-order valence-corrected chi connectivity index (χ1v) is 7.86. The number of imidazole rings is 1. The summed E-state index contributed by atoms with van der Waals surface area (Å²) >= 11 is 6.06. The Morgan fingerprint density at radius 2 is 2.30 bits per heavy atom. The maximum absolute atomic E-state index is 6.06. The molecule has 1 atom stereocenters. The van der Waals surface area contributed by atoms with Gasteiger partial charge in [0.25, 0.3) is 0 Å². The molecule has 2 aromatic heterocycles. The molecule has 0 aliphatic carbocycles. The Balaban J connectivity index is 1.92. The molecule has 0 aromatic carbocycles. The topological polar surface area (TPSA) is 44.9 Å². The van der Waals surface area contributed by atoms with E-state index in [0.29, 0.717) is 12.0 Å². The molecule has 0 bridgehead atoms. The van der Waals surface area contributed by atoms with Gasteiger partial charge in [-0.15, -0.1) is 11.6 Å². The van der Waals surface area contributed by atoms with Crippen molar-refractivity contribution in [1.29, 1.82) is 0 Å². The minimum atomic E-state index is 0.384. The van der Waals surface area contributed by atoms with Crippen molar-refractivity contribution in [3.63, 3.8) is 0 Å². The van der Waals surface area contributed by atoms with Gasteiger partial charge in [0.05, 0.1) is 17.7 Å². The number of halogens is 1. The Bertz CT molecular complexity index is 598. The monoisotopic (exact) mass is 296 g/mol. The summed E-state index contributed by atoms with van der Waals surface area (Å²) in [7, 11) is 1.98. The quantitative estimate of drug-likeness (QED) is 0.797. The molecule has 1 fully saturated rings. The number of fused-ring (bicyclic) bond motifs is 1. The van der Waals surface area contributed by atoms with Crippen molar-refractivity contribution in [2.24, 2.45) is 7.05 Å². The minimum absolute atomic E-state index is 0.384. The zero-order valence-corrected chi connectivity index (χ0v) is 12.9. The molecule has 2 aromatic rings. The van der Waals surface area contributed by atoms with E-state index >= 15 is 0 Å². The van der Waals surface area contributed by atoms with Crippen LogP contribution in [-0.2, 0) is 30.6 Å². The maximum Gasteiger partial charge on any atom is 0.158 e. The van der Waals surface area contributed by atoms with Crippen LogP contribution in [0.5, 0.6) is 0 Å². The number of ether oxygens (including phenoxy) is 1. The fraction of sp³-hybridized carbons (Fsp3) is 0.714. The lowest BCUT2D eigenvalue weighted by molar-refractivity contribution is 0.100. The highest BCUT2D eigenvalue weighted by molar-refractivity contribution is 6.16. The van der Waals surface area contributed by atoms with Gasteiger partial charge in [0, 0.05) is 20.2 Å². The zero-order chi connectivity index (χ0) is 14.1. The first-order valence-electron chi connectivity index (χ1n) is 7.33. The van der Waals surface area contributed by atoms with E-state index in [2.05, 4.69) is 21.6 Å². The van der Waals surface area contributed by atoms with Crippen LogP contribution in [0.4, 0.5) is 0 Å². The second-order valence-electron chi connectivity index (χ2n) is 5.33. The molecule has 1 aliphatic rings. The van der Waals surface area contributed by atoms with Gasteiger partial charge in [-0.25, -0.2) is 4.98 Å². The van der Waals surface area contributed by atoms with Gasteiger partial charge in [-0.1, -0.05) is 6.92 Å². The summed E-state index contributed by atoms with van der Waals surface area (Å²) in [6.45, 7) is 3.90. The molecular weight excluding hydrogens is 276 g/mol. The van der Waals surface area contributed by atoms with Crippen molar-refractivity contribution in [3.8, 4) is 0 Å². The van der Waals surface area contributed by atoms with Crippen LogP contribution < -0.4 is 0 Å². The van der Waals surface area contributed by atoms with Crippen molar-refractivity contribution < 1.29 is 4.74 Å². The Labute approximate surface area is 123 Å². The van der Waals surface area contributed by atoms with Crippen LogP contribution >= 0.6 is 11.6 Å². The number of hydrogen-bond donors (Lipinski definition) is 0. The summed E-state index contributed by atoms with van der Waals surface area (Å²) in [4.78, 5) is 4.67. The first-order chi connectivity index (χ1) is 9.74. The summed E-state index contributed by atoms with van der Waals surface area (Å²) < 4.78 is 9.83. The average Bonchev–Trinajstić information content (AvgIpc) is 3.13. The summed E-state index contributed by atoms with van der Waals surface area (Å²) in [6, 6.07) is 0. The van der Waals surface area contributed by atoms with E-state index in [4.69, 9.17) is 16.3 Å². The molecule has 110 valence electrons. The Morgan fingerprint density at radius 1 is 1.45 bits per heavy atom. The van der Waals surface area contributed by atoms with Crippen LogP contribution in [0, 0.1) is 0 Å². The lowest BCUT2D eigenvalue weighted by Crippen LogP contribution is -2.13. The minimum Gasteiger partial charge on any atom is -0.378 e. The van der Waals surface area contributed by atoms with Gasteiger partial charge in [0.15, 0.2) is 5.65 Å². The molecule has 3 rings (SSSR count). The standard InChI is InChI=1S/C14H21ClN4O/c1-3-11-13-14(18(2)17-11)19(12(9-15)16-13)7-6-10-5-4-8-20-10/h10H,3-9H2,1-2H3. The van der Waals surface area contributed by atoms with Crippen LogP contribution in [-0.4, -0.2) is 32.0 Å². The molecule has 0 amide bonds. The van der Waals surface area contributed by atoms with Crippen molar-refractivity contribution in [1.82, 2.24) is 19.3 Å². The molecule has 0 spiro atoms. The van der Waals surface area contributed by atoms with E-state index in [0.717, 1.165) is 48.7 Å². The molecule has 0 saturated carbocycles. The molecular formula is C14H21ClN4O. The number of hydrogen-bond acceptors (Lipinski definition) is 3. The molecule has 0 N–H and O–H groups in total. The van der Waals surface area contributed by atoms with Crippen molar-refractivity contribution in [2.45, 2.75) is 51.1 Å². The first kappa shape index (κ1) is 13.9. The molecule has 5 nitrogen and oxygen atoms in total. The third kappa shape index (κ3) is 2.33. The third-order valence-electron chi connectivity index (χ3n) is 4.02. The van der Waals surface area contributed by atoms with Crippen LogP contribution in [0.25, 0.3) is 11.2 Å². The van der Waals surface area contributed by atoms with Gasteiger partial charge in [0.2, 0.25) is 0 Å². The summed E-state index contributed by atoms with van der Waals surface area (Å²) in [5.41, 5.74) is 3.12. The lowest BCUT2D eigenvalue weighted by atomic mass is 10.2. The van der Waals surface area contributed by atoms with E-state index in [1.165, 1.54) is 12.8 Å². The van der Waals surface area contributed by atoms with Crippen molar-refractivity contribution >= 4 is 22.8 Å². The molecule has 0 radical (unpaired) electrons. The number of alkyl halides is 1. The van der Waals surface area contributed by atoms with E-state index < -0.39 is 0 Å². The van der Waals surface area contributed by atoms with E-state index in [-0.39, 0.29) is 0 Å². The summed E-state index contributed by atoms with van der Waals surface area (Å²) in [6.07, 6.45) is 4.64. The Hall–Kier alpha value is -1.07. The predicted molar refractivity (Wildman–Crippen MR) is 79.0 cm³/mol. The van der Waals surface area contributed by atoms with Gasteiger partial charge >= 0.3 is 0 Å². The molecule has 1 unspecified atom stereocenters. The second-order valence-corrected chi connectivity index (χ2v) is 5.60. The predicted octanol–water partition coefficient (Wildman–Crippen LogP) is 2.64. The molecule has 1 saturated heterocycles. The molecule has 3 heterocycles. The van der Waals surface area contributed by atoms with Gasteiger partial charge in [0.1, 0.15) is 11.3 Å². The van der Waals surface area contributed by atoms with Crippen molar-refractivity contribution in [2.75, 3.05) is 6.61 Å². The van der Waals surface area contributed by atoms with Gasteiger partial charge in [-0.05, 0) is 25.7 Å². The molecule has 1 aliphatic heterocycles. The summed E-state index contributed by atoms with van der Waals surface area (Å²) in [5, 5.41) is 4.54. The van der Waals surface area contributed by atoms with Gasteiger partial charge < -0.3 is 9.30 Å². The number of rotatable bonds is 5. The largest absolute Gasteiger partial charge is 0.378 e. The van der Waals surface area contributed by atoms with E-state index in [1.807, 2.05) is 11.7 Å². The van der Waals surface area contributed by atoms with Crippen LogP contribution in [0.15, 0.2) is 0 Å². The highest BCUT2D eigenvalue weighted by atomic mass is 35.5. The smallest absolute Gasteiger partial charge is 0.158 e. The molecule has 20 heavy (non-hydrogen) atoms. The summed E-state index contributed by atoms with van der Waals surface area (Å²) in [5.74, 6) is 1.37. The van der Waals surface area contributed by atoms with Crippen LogP contribution in [0.2, 0.25) is 0 Å². The highest BCUT2D eigenvalue weighted by Crippen LogP contribution is 2.23. The highest BCUT2D eigenvalue weighted by Gasteiger charge is 2.20. The van der Waals surface area contributed by atoms with E-state index in [1.54, 1.807) is 0 Å². The SMILES string of the molecule is CCc1nn(C)c2c1nc(CCl)n2CCC1CCCO1. The Morgan fingerprint density at radius 3 is 2.95 bits per heavy atom. The maximum atomic E-state index is 6.06. The number of aromatic nitrogens is 4. The lowest BCUT2D eigenvalue weighted by Gasteiger charge is -2.12. The number of aryl methyl sites for hydroxylation is 3. The van der Waals surface area contributed by atoms with Crippen LogP contribution in [0.3, 0.4) is 0 Å². The Kier molecular flexibility index (Phi) is 3.98. The third-order valence-corrected chi connectivity index (χ3v) is 4.26. The second kappa shape index (κ2) is 5.74. The van der Waals surface area contributed by atoms with Crippen LogP contribution in [0.1, 0.15) is 37.7 Å². The zero-order valence-electron chi connectivity index (χ0n) is 12.1. The number of nitrogens with zero attached hydrogens (tertiary/aromatic N) is 4.